The van der Waals surface area contributed by atoms with Crippen molar-refractivity contribution in [1.29, 1.82) is 0 Å². The first kappa shape index (κ1) is 22.0. The molecule has 0 saturated carbocycles. The summed E-state index contributed by atoms with van der Waals surface area (Å²) in [4.78, 5) is 43.5. The van der Waals surface area contributed by atoms with E-state index in [-0.39, 0.29) is 24.6 Å². The molecule has 32 heavy (non-hydrogen) atoms. The highest BCUT2D eigenvalue weighted by atomic mass is 79.9. The number of amides is 1. The van der Waals surface area contributed by atoms with Gasteiger partial charge in [0.1, 0.15) is 9.71 Å². The first-order valence-electron chi connectivity index (χ1n) is 9.64. The lowest BCUT2D eigenvalue weighted by Gasteiger charge is -2.07. The lowest BCUT2D eigenvalue weighted by Crippen LogP contribution is -2.38. The smallest absolute Gasteiger partial charge is 0.336 e. The van der Waals surface area contributed by atoms with Crippen LogP contribution in [0.4, 0.5) is 0 Å². The Morgan fingerprint density at radius 1 is 1.16 bits per heavy atom. The number of rotatable bonds is 6. The molecule has 0 aliphatic carbocycles. The van der Waals surface area contributed by atoms with Gasteiger partial charge < -0.3 is 10.1 Å². The summed E-state index contributed by atoms with van der Waals surface area (Å²) in [6, 6.07) is 10.9. The van der Waals surface area contributed by atoms with E-state index < -0.39 is 5.69 Å². The summed E-state index contributed by atoms with van der Waals surface area (Å²) in [5, 5.41) is 2.81. The number of thiazole rings is 1. The molecule has 3 heterocycles. The average molecular weight is 515 g/mol. The number of methoxy groups -OCH3 is 1. The van der Waals surface area contributed by atoms with Crippen LogP contribution in [0.3, 0.4) is 0 Å². The molecule has 4 rings (SSSR count). The molecule has 1 amide bonds. The second kappa shape index (κ2) is 9.09. The fourth-order valence-electron chi connectivity index (χ4n) is 3.19. The van der Waals surface area contributed by atoms with Crippen molar-refractivity contribution in [3.63, 3.8) is 0 Å². The van der Waals surface area contributed by atoms with Crippen molar-refractivity contribution in [3.05, 3.63) is 95.7 Å². The van der Waals surface area contributed by atoms with Crippen molar-refractivity contribution in [2.45, 2.75) is 20.0 Å². The standard InChI is InChI=1S/C22H19BrN4O4S/c1-13-20(29)26(11-14-3-6-16(23)7-4-14)22(30)27-12-17(32-21(13)27)19(28)25-10-15-5-8-18(31-2)24-9-15/h3-9,12H,10-11H2,1-2H3,(H,25,28). The first-order valence-corrected chi connectivity index (χ1v) is 11.3. The highest BCUT2D eigenvalue weighted by Crippen LogP contribution is 2.19. The average Bonchev–Trinajstić information content (AvgIpc) is 3.26. The quantitative estimate of drug-likeness (QED) is 0.426. The van der Waals surface area contributed by atoms with E-state index in [0.717, 1.165) is 26.9 Å². The predicted octanol–water partition coefficient (Wildman–Crippen LogP) is 2.98. The molecule has 8 nitrogen and oxygen atoms in total. The van der Waals surface area contributed by atoms with E-state index in [1.807, 2.05) is 24.3 Å². The number of carbonyl (C=O) groups is 1. The van der Waals surface area contributed by atoms with E-state index in [1.165, 1.54) is 22.3 Å². The minimum Gasteiger partial charge on any atom is -0.481 e. The molecule has 0 spiro atoms. The molecule has 1 aromatic carbocycles. The van der Waals surface area contributed by atoms with Gasteiger partial charge in [0.15, 0.2) is 0 Å². The molecule has 0 aliphatic heterocycles. The highest BCUT2D eigenvalue weighted by Gasteiger charge is 2.17. The molecule has 10 heteroatoms. The van der Waals surface area contributed by atoms with Crippen molar-refractivity contribution in [2.24, 2.45) is 0 Å². The maximum atomic E-state index is 13.0. The van der Waals surface area contributed by atoms with Gasteiger partial charge in [0.2, 0.25) is 5.88 Å². The van der Waals surface area contributed by atoms with Gasteiger partial charge in [-0.15, -0.1) is 11.3 Å². The number of pyridine rings is 1. The normalized spacial score (nSPS) is 11.0. The minimum atomic E-state index is -0.479. The van der Waals surface area contributed by atoms with Gasteiger partial charge in [-0.3, -0.25) is 18.6 Å². The fourth-order valence-corrected chi connectivity index (χ4v) is 4.45. The van der Waals surface area contributed by atoms with Crippen LogP contribution < -0.4 is 21.3 Å². The van der Waals surface area contributed by atoms with Crippen LogP contribution in [0.1, 0.15) is 26.4 Å². The molecule has 0 bridgehead atoms. The predicted molar refractivity (Wildman–Crippen MR) is 126 cm³/mol. The summed E-state index contributed by atoms with van der Waals surface area (Å²) in [5.41, 5.74) is 1.21. The van der Waals surface area contributed by atoms with Crippen molar-refractivity contribution in [3.8, 4) is 5.88 Å². The van der Waals surface area contributed by atoms with Gasteiger partial charge in [0, 0.05) is 35.0 Å². The van der Waals surface area contributed by atoms with Crippen molar-refractivity contribution >= 4 is 38.0 Å². The third-order valence-corrected chi connectivity index (χ3v) is 6.67. The van der Waals surface area contributed by atoms with Gasteiger partial charge in [-0.25, -0.2) is 9.78 Å². The molecule has 164 valence electrons. The van der Waals surface area contributed by atoms with Gasteiger partial charge >= 0.3 is 5.69 Å². The van der Waals surface area contributed by atoms with Gasteiger partial charge in [-0.2, -0.15) is 0 Å². The maximum absolute atomic E-state index is 13.0. The summed E-state index contributed by atoms with van der Waals surface area (Å²) in [7, 11) is 1.53. The molecule has 0 unspecified atom stereocenters. The Hall–Kier alpha value is -3.24. The Bertz CT molecular complexity index is 1410. The number of hydrogen-bond donors (Lipinski definition) is 1. The van der Waals surface area contributed by atoms with Crippen LogP contribution >= 0.6 is 27.3 Å². The van der Waals surface area contributed by atoms with Crippen LogP contribution in [-0.4, -0.2) is 27.0 Å². The number of aromatic nitrogens is 3. The first-order chi connectivity index (χ1) is 15.4. The number of halogens is 1. The Morgan fingerprint density at radius 2 is 1.88 bits per heavy atom. The maximum Gasteiger partial charge on any atom is 0.336 e. The molecule has 0 aliphatic rings. The molecule has 1 N–H and O–H groups in total. The molecule has 3 aromatic heterocycles. The summed E-state index contributed by atoms with van der Waals surface area (Å²) in [6.07, 6.45) is 3.10. The van der Waals surface area contributed by atoms with Crippen molar-refractivity contribution in [2.75, 3.05) is 7.11 Å². The monoisotopic (exact) mass is 514 g/mol. The fraction of sp³-hybridized carbons (Fsp3) is 0.182. The van der Waals surface area contributed by atoms with Crippen molar-refractivity contribution < 1.29 is 9.53 Å². The Balaban J connectivity index is 1.61. The summed E-state index contributed by atoms with van der Waals surface area (Å²) >= 11 is 4.49. The number of nitrogens with one attached hydrogen (secondary N) is 1. The van der Waals surface area contributed by atoms with Crippen LogP contribution in [0, 0.1) is 6.92 Å². The summed E-state index contributed by atoms with van der Waals surface area (Å²) < 4.78 is 8.48. The molecule has 0 atom stereocenters. The minimum absolute atomic E-state index is 0.149. The summed E-state index contributed by atoms with van der Waals surface area (Å²) in [6.45, 7) is 2.08. The van der Waals surface area contributed by atoms with E-state index in [1.54, 1.807) is 25.3 Å². The van der Waals surface area contributed by atoms with Crippen molar-refractivity contribution in [1.82, 2.24) is 19.3 Å². The van der Waals surface area contributed by atoms with E-state index in [2.05, 4.69) is 26.2 Å². The number of aryl methyl sites for hydroxylation is 1. The number of nitrogens with zero attached hydrogens (tertiary/aromatic N) is 3. The van der Waals surface area contributed by atoms with E-state index in [4.69, 9.17) is 4.74 Å². The lowest BCUT2D eigenvalue weighted by atomic mass is 10.2. The van der Waals surface area contributed by atoms with Gasteiger partial charge in [-0.1, -0.05) is 34.1 Å². The van der Waals surface area contributed by atoms with Crippen LogP contribution in [0.2, 0.25) is 0 Å². The number of carbonyl (C=O) groups excluding carboxylic acids is 1. The van der Waals surface area contributed by atoms with E-state index >= 15 is 0 Å². The number of ether oxygens (including phenoxy) is 1. The van der Waals surface area contributed by atoms with Gasteiger partial charge in [-0.05, 0) is 30.2 Å². The Kier molecular flexibility index (Phi) is 6.24. The number of fused-ring (bicyclic) bond motifs is 1. The Labute approximate surface area is 195 Å². The van der Waals surface area contributed by atoms with Gasteiger partial charge in [0.25, 0.3) is 11.5 Å². The molecule has 0 fully saturated rings. The van der Waals surface area contributed by atoms with Gasteiger partial charge in [0.05, 0.1) is 13.7 Å². The molecular formula is C22H19BrN4O4S. The zero-order valence-corrected chi connectivity index (χ0v) is 19.7. The third kappa shape index (κ3) is 4.37. The topological polar surface area (TPSA) is 94.7 Å². The third-order valence-electron chi connectivity index (χ3n) is 4.93. The zero-order valence-electron chi connectivity index (χ0n) is 17.3. The number of benzene rings is 1. The SMILES string of the molecule is COc1ccc(CNC(=O)c2cn3c(=O)n(Cc4ccc(Br)cc4)c(=O)c(C)c3s2)cn1. The summed E-state index contributed by atoms with van der Waals surface area (Å²) in [5.74, 6) is 0.157. The van der Waals surface area contributed by atoms with Crippen LogP contribution in [0.15, 0.2) is 62.9 Å². The van der Waals surface area contributed by atoms with Crippen LogP contribution in [-0.2, 0) is 13.1 Å². The van der Waals surface area contributed by atoms with E-state index in [9.17, 15) is 14.4 Å². The second-order valence-electron chi connectivity index (χ2n) is 7.09. The Morgan fingerprint density at radius 3 is 2.53 bits per heavy atom. The largest absolute Gasteiger partial charge is 0.481 e. The molecular weight excluding hydrogens is 496 g/mol. The van der Waals surface area contributed by atoms with E-state index in [0.29, 0.717) is 21.2 Å². The molecule has 0 saturated heterocycles. The lowest BCUT2D eigenvalue weighted by molar-refractivity contribution is 0.0954. The van der Waals surface area contributed by atoms with Crippen LogP contribution in [0.5, 0.6) is 5.88 Å². The zero-order chi connectivity index (χ0) is 22.8. The second-order valence-corrected chi connectivity index (χ2v) is 9.03. The highest BCUT2D eigenvalue weighted by molar-refractivity contribution is 9.10. The van der Waals surface area contributed by atoms with Crippen LogP contribution in [0.25, 0.3) is 4.83 Å². The molecule has 0 radical (unpaired) electrons. The molecule has 4 aromatic rings. The number of hydrogen-bond acceptors (Lipinski definition) is 6.